The van der Waals surface area contributed by atoms with E-state index in [9.17, 15) is 9.59 Å². The van der Waals surface area contributed by atoms with Crippen LogP contribution in [-0.2, 0) is 9.59 Å². The third-order valence-electron chi connectivity index (χ3n) is 3.94. The van der Waals surface area contributed by atoms with Gasteiger partial charge in [-0.2, -0.15) is 0 Å². The number of amides is 2. The standard InChI is InChI=1S/C14H27N3O2/c1-4-6-13(18)17-8-5-7-12(10-17)14(19)16(3)11(2)9-15/h11-12H,4-10,15H2,1-3H3. The number of nitrogens with zero attached hydrogens (tertiary/aromatic N) is 2. The Hall–Kier alpha value is -1.10. The second kappa shape index (κ2) is 7.48. The largest absolute Gasteiger partial charge is 0.342 e. The zero-order chi connectivity index (χ0) is 14.4. The highest BCUT2D eigenvalue weighted by Gasteiger charge is 2.30. The van der Waals surface area contributed by atoms with Gasteiger partial charge in [-0.3, -0.25) is 9.59 Å². The maximum absolute atomic E-state index is 12.4. The number of carbonyl (C=O) groups excluding carboxylic acids is 2. The van der Waals surface area contributed by atoms with Gasteiger partial charge in [0.1, 0.15) is 0 Å². The van der Waals surface area contributed by atoms with E-state index in [1.165, 1.54) is 0 Å². The summed E-state index contributed by atoms with van der Waals surface area (Å²) in [6, 6.07) is 0.0502. The summed E-state index contributed by atoms with van der Waals surface area (Å²) in [5, 5.41) is 0. The first kappa shape index (κ1) is 16.0. The molecule has 0 saturated carbocycles. The van der Waals surface area contributed by atoms with Gasteiger partial charge in [0.25, 0.3) is 0 Å². The van der Waals surface area contributed by atoms with E-state index in [0.717, 1.165) is 25.8 Å². The van der Waals surface area contributed by atoms with Crippen LogP contribution in [0.3, 0.4) is 0 Å². The fraction of sp³-hybridized carbons (Fsp3) is 0.857. The number of likely N-dealkylation sites (N-methyl/N-ethyl adjacent to an activating group) is 1. The smallest absolute Gasteiger partial charge is 0.227 e. The van der Waals surface area contributed by atoms with Gasteiger partial charge in [0, 0.05) is 39.1 Å². The third kappa shape index (κ3) is 4.20. The lowest BCUT2D eigenvalue weighted by Gasteiger charge is -2.35. The van der Waals surface area contributed by atoms with Crippen molar-refractivity contribution in [2.24, 2.45) is 11.7 Å². The second-order valence-electron chi connectivity index (χ2n) is 5.46. The Morgan fingerprint density at radius 3 is 2.74 bits per heavy atom. The molecular formula is C14H27N3O2. The average molecular weight is 269 g/mol. The monoisotopic (exact) mass is 269 g/mol. The van der Waals surface area contributed by atoms with Crippen LogP contribution in [0.15, 0.2) is 0 Å². The number of carbonyl (C=O) groups is 2. The molecule has 2 amide bonds. The van der Waals surface area contributed by atoms with E-state index in [2.05, 4.69) is 0 Å². The van der Waals surface area contributed by atoms with E-state index in [4.69, 9.17) is 5.73 Å². The van der Waals surface area contributed by atoms with Crippen LogP contribution in [0.4, 0.5) is 0 Å². The van der Waals surface area contributed by atoms with Crippen LogP contribution in [-0.4, -0.2) is 54.3 Å². The summed E-state index contributed by atoms with van der Waals surface area (Å²) >= 11 is 0. The number of rotatable bonds is 5. The quantitative estimate of drug-likeness (QED) is 0.804. The van der Waals surface area contributed by atoms with Crippen molar-refractivity contribution in [2.45, 2.75) is 45.6 Å². The second-order valence-corrected chi connectivity index (χ2v) is 5.46. The molecule has 1 rings (SSSR count). The molecule has 0 aliphatic carbocycles. The number of hydrogen-bond donors (Lipinski definition) is 1. The summed E-state index contributed by atoms with van der Waals surface area (Å²) in [6.07, 6.45) is 3.22. The van der Waals surface area contributed by atoms with Crippen LogP contribution in [0, 0.1) is 5.92 Å². The predicted octanol–water partition coefficient (Wildman–Crippen LogP) is 0.831. The lowest BCUT2D eigenvalue weighted by Crippen LogP contribution is -2.49. The molecule has 1 aliphatic rings. The van der Waals surface area contributed by atoms with Crippen molar-refractivity contribution in [3.63, 3.8) is 0 Å². The summed E-state index contributed by atoms with van der Waals surface area (Å²) in [5.41, 5.74) is 5.60. The lowest BCUT2D eigenvalue weighted by atomic mass is 9.95. The number of nitrogens with two attached hydrogens (primary N) is 1. The fourth-order valence-corrected chi connectivity index (χ4v) is 2.44. The Balaban J connectivity index is 2.59. The summed E-state index contributed by atoms with van der Waals surface area (Å²) in [7, 11) is 1.80. The van der Waals surface area contributed by atoms with Gasteiger partial charge in [-0.1, -0.05) is 6.92 Å². The molecule has 0 aromatic heterocycles. The first-order valence-corrected chi connectivity index (χ1v) is 7.25. The van der Waals surface area contributed by atoms with Crippen molar-refractivity contribution in [1.29, 1.82) is 0 Å². The van der Waals surface area contributed by atoms with Crippen LogP contribution in [0.25, 0.3) is 0 Å². The zero-order valence-corrected chi connectivity index (χ0v) is 12.4. The van der Waals surface area contributed by atoms with E-state index in [1.54, 1.807) is 11.9 Å². The minimum absolute atomic E-state index is 0.0502. The molecule has 110 valence electrons. The van der Waals surface area contributed by atoms with Gasteiger partial charge in [0.05, 0.1) is 5.92 Å². The first-order chi connectivity index (χ1) is 9.01. The summed E-state index contributed by atoms with van der Waals surface area (Å²) in [4.78, 5) is 27.8. The molecular weight excluding hydrogens is 242 g/mol. The first-order valence-electron chi connectivity index (χ1n) is 7.25. The molecule has 1 fully saturated rings. The maximum atomic E-state index is 12.4. The van der Waals surface area contributed by atoms with E-state index in [-0.39, 0.29) is 23.8 Å². The number of piperidine rings is 1. The third-order valence-corrected chi connectivity index (χ3v) is 3.94. The highest BCUT2D eigenvalue weighted by molar-refractivity contribution is 5.81. The van der Waals surface area contributed by atoms with Crippen molar-refractivity contribution >= 4 is 11.8 Å². The predicted molar refractivity (Wildman–Crippen MR) is 75.5 cm³/mol. The van der Waals surface area contributed by atoms with Crippen molar-refractivity contribution in [1.82, 2.24) is 9.80 Å². The normalized spacial score (nSPS) is 21.1. The molecule has 2 N–H and O–H groups in total. The Kier molecular flexibility index (Phi) is 6.28. The Bertz CT molecular complexity index is 320. The SMILES string of the molecule is CCCC(=O)N1CCCC(C(=O)N(C)C(C)CN)C1. The van der Waals surface area contributed by atoms with E-state index >= 15 is 0 Å². The zero-order valence-electron chi connectivity index (χ0n) is 12.4. The Morgan fingerprint density at radius 2 is 2.16 bits per heavy atom. The van der Waals surface area contributed by atoms with Crippen LogP contribution >= 0.6 is 0 Å². The molecule has 19 heavy (non-hydrogen) atoms. The molecule has 1 saturated heterocycles. The molecule has 5 nitrogen and oxygen atoms in total. The van der Waals surface area contributed by atoms with E-state index in [1.807, 2.05) is 18.7 Å². The molecule has 0 aromatic rings. The van der Waals surface area contributed by atoms with Gasteiger partial charge in [0.2, 0.25) is 11.8 Å². The van der Waals surface area contributed by atoms with Gasteiger partial charge in [0.15, 0.2) is 0 Å². The minimum Gasteiger partial charge on any atom is -0.342 e. The molecule has 1 aliphatic heterocycles. The molecule has 2 unspecified atom stereocenters. The van der Waals surface area contributed by atoms with Crippen LogP contribution in [0.1, 0.15) is 39.5 Å². The van der Waals surface area contributed by atoms with E-state index < -0.39 is 0 Å². The molecule has 0 aromatic carbocycles. The van der Waals surface area contributed by atoms with Gasteiger partial charge in [-0.15, -0.1) is 0 Å². The van der Waals surface area contributed by atoms with Crippen molar-refractivity contribution in [3.8, 4) is 0 Å². The van der Waals surface area contributed by atoms with Gasteiger partial charge < -0.3 is 15.5 Å². The Labute approximate surface area is 116 Å². The topological polar surface area (TPSA) is 66.6 Å². The molecule has 0 spiro atoms. The van der Waals surface area contributed by atoms with Crippen molar-refractivity contribution in [3.05, 3.63) is 0 Å². The molecule has 2 atom stereocenters. The van der Waals surface area contributed by atoms with Crippen molar-refractivity contribution in [2.75, 3.05) is 26.7 Å². The molecule has 0 radical (unpaired) electrons. The van der Waals surface area contributed by atoms with Gasteiger partial charge in [-0.25, -0.2) is 0 Å². The maximum Gasteiger partial charge on any atom is 0.227 e. The molecule has 1 heterocycles. The van der Waals surface area contributed by atoms with Crippen molar-refractivity contribution < 1.29 is 9.59 Å². The highest BCUT2D eigenvalue weighted by Crippen LogP contribution is 2.20. The summed E-state index contributed by atoms with van der Waals surface area (Å²) < 4.78 is 0. The number of likely N-dealkylation sites (tertiary alicyclic amines) is 1. The number of hydrogen-bond acceptors (Lipinski definition) is 3. The van der Waals surface area contributed by atoms with Gasteiger partial charge in [-0.05, 0) is 26.2 Å². The van der Waals surface area contributed by atoms with Gasteiger partial charge >= 0.3 is 0 Å². The average Bonchev–Trinajstić information content (AvgIpc) is 2.45. The summed E-state index contributed by atoms with van der Waals surface area (Å²) in [5.74, 6) is 0.232. The van der Waals surface area contributed by atoms with Crippen LogP contribution in [0.2, 0.25) is 0 Å². The van der Waals surface area contributed by atoms with Crippen LogP contribution in [0.5, 0.6) is 0 Å². The highest BCUT2D eigenvalue weighted by atomic mass is 16.2. The minimum atomic E-state index is -0.0615. The lowest BCUT2D eigenvalue weighted by molar-refractivity contribution is -0.141. The summed E-state index contributed by atoms with van der Waals surface area (Å²) in [6.45, 7) is 5.77. The molecule has 0 bridgehead atoms. The fourth-order valence-electron chi connectivity index (χ4n) is 2.44. The van der Waals surface area contributed by atoms with Crippen LogP contribution < -0.4 is 5.73 Å². The Morgan fingerprint density at radius 1 is 1.47 bits per heavy atom. The molecule has 5 heteroatoms. The van der Waals surface area contributed by atoms with E-state index in [0.29, 0.717) is 19.5 Å².